The normalized spacial score (nSPS) is 19.6. The molecule has 1 saturated carbocycles. The van der Waals surface area contributed by atoms with Crippen molar-refractivity contribution in [3.8, 4) is 0 Å². The van der Waals surface area contributed by atoms with E-state index in [9.17, 15) is 0 Å². The number of nitrogens with one attached hydrogen (secondary N) is 1. The summed E-state index contributed by atoms with van der Waals surface area (Å²) >= 11 is 3.55. The third kappa shape index (κ3) is 3.12. The first-order valence-electron chi connectivity index (χ1n) is 8.00. The minimum atomic E-state index is 0.361. The van der Waals surface area contributed by atoms with Crippen LogP contribution in [0.15, 0.2) is 28.7 Å². The van der Waals surface area contributed by atoms with Crippen molar-refractivity contribution in [2.24, 2.45) is 5.41 Å². The van der Waals surface area contributed by atoms with E-state index in [0.717, 1.165) is 6.54 Å². The molecule has 0 radical (unpaired) electrons. The fraction of sp³-hybridized carbons (Fsp3) is 0.667. The molecule has 2 heteroatoms. The molecular weight excluding hydrogens is 310 g/mol. The number of halogens is 1. The molecule has 0 saturated heterocycles. The van der Waals surface area contributed by atoms with Gasteiger partial charge in [-0.25, -0.2) is 0 Å². The largest absolute Gasteiger partial charge is 0.319 e. The summed E-state index contributed by atoms with van der Waals surface area (Å²) in [6, 6.07) is 8.99. The molecular formula is C18H28BrN. The SMILES string of the molecule is CCCC1(CCC)CC(CNC)(c2ccc(Br)cc2)C1. The van der Waals surface area contributed by atoms with Gasteiger partial charge in [0.15, 0.2) is 0 Å². The molecule has 0 amide bonds. The molecule has 0 aliphatic heterocycles. The molecule has 20 heavy (non-hydrogen) atoms. The average Bonchev–Trinajstić information content (AvgIpc) is 2.38. The maximum Gasteiger partial charge on any atom is 0.0175 e. The summed E-state index contributed by atoms with van der Waals surface area (Å²) in [6.07, 6.45) is 8.12. The van der Waals surface area contributed by atoms with Crippen molar-refractivity contribution >= 4 is 15.9 Å². The zero-order valence-electron chi connectivity index (χ0n) is 13.1. The molecule has 0 bridgehead atoms. The topological polar surface area (TPSA) is 12.0 Å². The van der Waals surface area contributed by atoms with Gasteiger partial charge in [0.2, 0.25) is 0 Å². The van der Waals surface area contributed by atoms with Crippen molar-refractivity contribution in [2.75, 3.05) is 13.6 Å². The summed E-state index contributed by atoms with van der Waals surface area (Å²) in [4.78, 5) is 0. The van der Waals surface area contributed by atoms with Gasteiger partial charge in [-0.05, 0) is 55.8 Å². The number of likely N-dealkylation sites (N-methyl/N-ethyl adjacent to an activating group) is 1. The van der Waals surface area contributed by atoms with Crippen LogP contribution < -0.4 is 5.32 Å². The van der Waals surface area contributed by atoms with E-state index in [-0.39, 0.29) is 0 Å². The highest BCUT2D eigenvalue weighted by Crippen LogP contribution is 2.60. The first-order chi connectivity index (χ1) is 9.60. The smallest absolute Gasteiger partial charge is 0.0175 e. The van der Waals surface area contributed by atoms with Crippen LogP contribution in [0.5, 0.6) is 0 Å². The van der Waals surface area contributed by atoms with Crippen LogP contribution in [0, 0.1) is 5.41 Å². The molecule has 1 N–H and O–H groups in total. The fourth-order valence-corrected chi connectivity index (χ4v) is 4.76. The van der Waals surface area contributed by atoms with E-state index in [1.54, 1.807) is 0 Å². The Balaban J connectivity index is 2.19. The van der Waals surface area contributed by atoms with Crippen LogP contribution in [0.25, 0.3) is 0 Å². The summed E-state index contributed by atoms with van der Waals surface area (Å²) in [5, 5.41) is 3.43. The zero-order valence-corrected chi connectivity index (χ0v) is 14.7. The van der Waals surface area contributed by atoms with Gasteiger partial charge in [-0.2, -0.15) is 0 Å². The number of hydrogen-bond donors (Lipinski definition) is 1. The van der Waals surface area contributed by atoms with Gasteiger partial charge < -0.3 is 5.32 Å². The van der Waals surface area contributed by atoms with E-state index in [4.69, 9.17) is 0 Å². The lowest BCUT2D eigenvalue weighted by atomic mass is 9.48. The Labute approximate surface area is 132 Å². The third-order valence-corrected chi connectivity index (χ3v) is 5.49. The van der Waals surface area contributed by atoms with E-state index in [1.165, 1.54) is 48.6 Å². The molecule has 0 heterocycles. The van der Waals surface area contributed by atoms with Crippen LogP contribution in [0.4, 0.5) is 0 Å². The Bertz CT molecular complexity index is 410. The van der Waals surface area contributed by atoms with Gasteiger partial charge in [-0.3, -0.25) is 0 Å². The lowest BCUT2D eigenvalue weighted by Crippen LogP contribution is -2.54. The van der Waals surface area contributed by atoms with Crippen LogP contribution in [0.2, 0.25) is 0 Å². The summed E-state index contributed by atoms with van der Waals surface area (Å²) in [5.41, 5.74) is 2.48. The summed E-state index contributed by atoms with van der Waals surface area (Å²) in [7, 11) is 2.08. The summed E-state index contributed by atoms with van der Waals surface area (Å²) in [5.74, 6) is 0. The van der Waals surface area contributed by atoms with Gasteiger partial charge in [-0.15, -0.1) is 0 Å². The van der Waals surface area contributed by atoms with Crippen LogP contribution >= 0.6 is 15.9 Å². The second-order valence-corrected chi connectivity index (χ2v) is 7.59. The molecule has 0 unspecified atom stereocenters. The Morgan fingerprint density at radius 1 is 1.05 bits per heavy atom. The number of hydrogen-bond acceptors (Lipinski definition) is 1. The van der Waals surface area contributed by atoms with E-state index >= 15 is 0 Å². The van der Waals surface area contributed by atoms with Crippen molar-refractivity contribution in [1.82, 2.24) is 5.32 Å². The van der Waals surface area contributed by atoms with Crippen LogP contribution in [-0.2, 0) is 5.41 Å². The molecule has 0 atom stereocenters. The molecule has 0 aromatic heterocycles. The van der Waals surface area contributed by atoms with E-state index in [2.05, 4.69) is 66.4 Å². The monoisotopic (exact) mass is 337 g/mol. The maximum absolute atomic E-state index is 3.55. The summed E-state index contributed by atoms with van der Waals surface area (Å²) < 4.78 is 1.17. The van der Waals surface area contributed by atoms with Gasteiger partial charge in [0, 0.05) is 16.4 Å². The Morgan fingerprint density at radius 2 is 1.60 bits per heavy atom. The van der Waals surface area contributed by atoms with Crippen molar-refractivity contribution < 1.29 is 0 Å². The van der Waals surface area contributed by atoms with Crippen molar-refractivity contribution in [3.63, 3.8) is 0 Å². The number of benzene rings is 1. The van der Waals surface area contributed by atoms with Crippen LogP contribution in [0.3, 0.4) is 0 Å². The molecule has 1 aliphatic rings. The Kier molecular flexibility index (Phi) is 5.30. The quantitative estimate of drug-likeness (QED) is 0.712. The molecule has 1 fully saturated rings. The first-order valence-corrected chi connectivity index (χ1v) is 8.80. The predicted octanol–water partition coefficient (Wildman–Crippen LogP) is 5.29. The first kappa shape index (κ1) is 16.0. The highest BCUT2D eigenvalue weighted by atomic mass is 79.9. The van der Waals surface area contributed by atoms with Gasteiger partial charge in [0.25, 0.3) is 0 Å². The molecule has 0 spiro atoms. The fourth-order valence-electron chi connectivity index (χ4n) is 4.50. The Morgan fingerprint density at radius 3 is 2.05 bits per heavy atom. The van der Waals surface area contributed by atoms with Crippen LogP contribution in [0.1, 0.15) is 57.9 Å². The average molecular weight is 338 g/mol. The van der Waals surface area contributed by atoms with Gasteiger partial charge in [0.05, 0.1) is 0 Å². The molecule has 1 nitrogen and oxygen atoms in total. The van der Waals surface area contributed by atoms with Gasteiger partial charge in [0.1, 0.15) is 0 Å². The highest BCUT2D eigenvalue weighted by molar-refractivity contribution is 9.10. The van der Waals surface area contributed by atoms with Gasteiger partial charge in [-0.1, -0.05) is 54.8 Å². The van der Waals surface area contributed by atoms with E-state index in [0.29, 0.717) is 10.8 Å². The van der Waals surface area contributed by atoms with Crippen LogP contribution in [-0.4, -0.2) is 13.6 Å². The third-order valence-electron chi connectivity index (χ3n) is 4.96. The summed E-state index contributed by atoms with van der Waals surface area (Å²) in [6.45, 7) is 5.76. The highest BCUT2D eigenvalue weighted by Gasteiger charge is 2.53. The molecule has 1 aromatic carbocycles. The van der Waals surface area contributed by atoms with Gasteiger partial charge >= 0.3 is 0 Å². The second kappa shape index (κ2) is 6.62. The van der Waals surface area contributed by atoms with E-state index in [1.807, 2.05) is 0 Å². The Hall–Kier alpha value is -0.340. The minimum absolute atomic E-state index is 0.361. The van der Waals surface area contributed by atoms with Crippen molar-refractivity contribution in [1.29, 1.82) is 0 Å². The molecule has 1 aromatic rings. The van der Waals surface area contributed by atoms with Crippen molar-refractivity contribution in [2.45, 2.75) is 57.8 Å². The van der Waals surface area contributed by atoms with Crippen molar-refractivity contribution in [3.05, 3.63) is 34.3 Å². The number of rotatable bonds is 7. The van der Waals surface area contributed by atoms with E-state index < -0.39 is 0 Å². The lowest BCUT2D eigenvalue weighted by molar-refractivity contribution is 0.00388. The molecule has 2 rings (SSSR count). The molecule has 1 aliphatic carbocycles. The molecule has 112 valence electrons. The predicted molar refractivity (Wildman–Crippen MR) is 91.2 cm³/mol. The second-order valence-electron chi connectivity index (χ2n) is 6.67. The lowest BCUT2D eigenvalue weighted by Gasteiger charge is -2.57. The zero-order chi connectivity index (χ0) is 14.6. The minimum Gasteiger partial charge on any atom is -0.319 e. The maximum atomic E-state index is 3.55. The standard InChI is InChI=1S/C18H28BrN/c1-4-10-17(11-5-2)12-18(13-17,14-20-3)15-6-8-16(19)9-7-15/h6-9,20H,4-5,10-14H2,1-3H3.